The van der Waals surface area contributed by atoms with Crippen LogP contribution in [-0.4, -0.2) is 26.6 Å². The quantitative estimate of drug-likeness (QED) is 0.800. The van der Waals surface area contributed by atoms with Crippen molar-refractivity contribution < 1.29 is 17.6 Å². The van der Waals surface area contributed by atoms with Crippen molar-refractivity contribution in [3.63, 3.8) is 0 Å². The Labute approximate surface area is 157 Å². The largest absolute Gasteiger partial charge is 0.324 e. The van der Waals surface area contributed by atoms with Crippen molar-refractivity contribution in [2.75, 3.05) is 15.9 Å². The third-order valence-corrected chi connectivity index (χ3v) is 5.53. The summed E-state index contributed by atoms with van der Waals surface area (Å²) in [7, 11) is -3.77. The van der Waals surface area contributed by atoms with Gasteiger partial charge in [-0.3, -0.25) is 9.10 Å². The number of hydrogen-bond donors (Lipinski definition) is 1. The summed E-state index contributed by atoms with van der Waals surface area (Å²) in [5.41, 5.74) is 1.41. The zero-order valence-corrected chi connectivity index (χ0v) is 16.2. The maximum absolute atomic E-state index is 13.2. The lowest BCUT2D eigenvalue weighted by atomic mass is 10.1. The zero-order valence-electron chi connectivity index (χ0n) is 14.7. The van der Waals surface area contributed by atoms with E-state index in [1.54, 1.807) is 32.0 Å². The average Bonchev–Trinajstić information content (AvgIpc) is 2.56. The third kappa shape index (κ3) is 4.53. The van der Waals surface area contributed by atoms with E-state index in [1.807, 2.05) is 0 Å². The number of benzene rings is 2. The normalized spacial score (nSPS) is 12.5. The van der Waals surface area contributed by atoms with Crippen molar-refractivity contribution in [3.8, 4) is 0 Å². The van der Waals surface area contributed by atoms with Gasteiger partial charge in [0.1, 0.15) is 11.9 Å². The Morgan fingerprint density at radius 1 is 1.23 bits per heavy atom. The number of nitrogens with zero attached hydrogens (tertiary/aromatic N) is 1. The molecule has 0 spiro atoms. The Morgan fingerprint density at radius 2 is 1.85 bits per heavy atom. The minimum Gasteiger partial charge on any atom is -0.324 e. The van der Waals surface area contributed by atoms with Gasteiger partial charge in [0.25, 0.3) is 0 Å². The molecule has 0 aliphatic heterocycles. The van der Waals surface area contributed by atoms with Crippen LogP contribution in [0.15, 0.2) is 42.5 Å². The lowest BCUT2D eigenvalue weighted by molar-refractivity contribution is -0.117. The fourth-order valence-corrected chi connectivity index (χ4v) is 3.99. The molecular formula is C18H20ClFN2O3S. The molecule has 26 heavy (non-hydrogen) atoms. The maximum atomic E-state index is 13.2. The van der Waals surface area contributed by atoms with E-state index >= 15 is 0 Å². The fraction of sp³-hybridized carbons (Fsp3) is 0.278. The molecule has 0 bridgehead atoms. The van der Waals surface area contributed by atoms with Crippen LogP contribution in [0.1, 0.15) is 18.9 Å². The second-order valence-corrected chi connectivity index (χ2v) is 8.13. The molecule has 0 heterocycles. The molecule has 140 valence electrons. The van der Waals surface area contributed by atoms with Crippen LogP contribution in [0.4, 0.5) is 15.8 Å². The summed E-state index contributed by atoms with van der Waals surface area (Å²) in [5, 5.41) is 3.23. The van der Waals surface area contributed by atoms with Gasteiger partial charge in [-0.15, -0.1) is 0 Å². The van der Waals surface area contributed by atoms with Crippen LogP contribution >= 0.6 is 11.6 Å². The Bertz CT molecular complexity index is 901. The molecule has 8 heteroatoms. The van der Waals surface area contributed by atoms with Crippen LogP contribution in [0.25, 0.3) is 0 Å². The molecule has 0 saturated carbocycles. The molecular weight excluding hydrogens is 379 g/mol. The molecule has 0 unspecified atom stereocenters. The van der Waals surface area contributed by atoms with Crippen LogP contribution in [0.2, 0.25) is 5.02 Å². The van der Waals surface area contributed by atoms with Crippen LogP contribution in [0.3, 0.4) is 0 Å². The average molecular weight is 399 g/mol. The molecule has 0 aliphatic carbocycles. The Kier molecular flexibility index (Phi) is 6.26. The van der Waals surface area contributed by atoms with Crippen LogP contribution in [-0.2, 0) is 14.8 Å². The van der Waals surface area contributed by atoms with Gasteiger partial charge in [0, 0.05) is 10.7 Å². The first kappa shape index (κ1) is 20.2. The lowest BCUT2D eigenvalue weighted by Crippen LogP contribution is -2.47. The molecule has 0 aromatic heterocycles. The molecule has 2 aromatic rings. The molecule has 0 saturated heterocycles. The number of rotatable bonds is 6. The Balaban J connectivity index is 2.40. The van der Waals surface area contributed by atoms with Crippen LogP contribution in [0, 0.1) is 12.7 Å². The van der Waals surface area contributed by atoms with E-state index < -0.39 is 27.8 Å². The number of hydrogen-bond acceptors (Lipinski definition) is 3. The van der Waals surface area contributed by atoms with Crippen molar-refractivity contribution >= 4 is 38.9 Å². The third-order valence-electron chi connectivity index (χ3n) is 3.94. The van der Waals surface area contributed by atoms with Crippen molar-refractivity contribution in [1.29, 1.82) is 0 Å². The van der Waals surface area contributed by atoms with E-state index in [2.05, 4.69) is 5.32 Å². The minimum atomic E-state index is -3.77. The number of halogens is 2. The molecule has 1 amide bonds. The first-order chi connectivity index (χ1) is 12.1. The first-order valence-electron chi connectivity index (χ1n) is 7.96. The molecule has 0 aliphatic rings. The molecule has 0 radical (unpaired) electrons. The second kappa shape index (κ2) is 8.05. The Morgan fingerprint density at radius 3 is 2.38 bits per heavy atom. The highest BCUT2D eigenvalue weighted by Gasteiger charge is 2.31. The molecule has 1 N–H and O–H groups in total. The molecule has 0 fully saturated rings. The minimum absolute atomic E-state index is 0.221. The molecule has 5 nitrogen and oxygen atoms in total. The summed E-state index contributed by atoms with van der Waals surface area (Å²) in [5.74, 6) is -0.984. The number of anilines is 2. The van der Waals surface area contributed by atoms with E-state index in [0.29, 0.717) is 16.3 Å². The van der Waals surface area contributed by atoms with E-state index in [-0.39, 0.29) is 12.1 Å². The number of sulfonamides is 1. The maximum Gasteiger partial charge on any atom is 0.248 e. The van der Waals surface area contributed by atoms with Gasteiger partial charge in [0.15, 0.2) is 0 Å². The van der Waals surface area contributed by atoms with E-state index in [4.69, 9.17) is 11.6 Å². The summed E-state index contributed by atoms with van der Waals surface area (Å²) >= 11 is 6.06. The van der Waals surface area contributed by atoms with Gasteiger partial charge in [-0.1, -0.05) is 24.6 Å². The highest BCUT2D eigenvalue weighted by Crippen LogP contribution is 2.26. The van der Waals surface area contributed by atoms with Crippen molar-refractivity contribution in [2.45, 2.75) is 26.3 Å². The summed E-state index contributed by atoms with van der Waals surface area (Å²) in [6.07, 6.45) is 1.24. The van der Waals surface area contributed by atoms with Gasteiger partial charge in [-0.05, 0) is 55.3 Å². The standard InChI is InChI=1S/C18H20ClFN2O3S/c1-4-17(18(23)21-16-7-5-6-15(19)12(16)2)22(26(3,24)25)14-10-8-13(20)9-11-14/h5-11,17H,4H2,1-3H3,(H,21,23)/t17-/m1/s1. The monoisotopic (exact) mass is 398 g/mol. The number of carbonyl (C=O) groups is 1. The SMILES string of the molecule is CC[C@H](C(=O)Nc1cccc(Cl)c1C)N(c1ccc(F)cc1)S(C)(=O)=O. The number of carbonyl (C=O) groups excluding carboxylic acids is 1. The van der Waals surface area contributed by atoms with Crippen molar-refractivity contribution in [3.05, 3.63) is 58.9 Å². The van der Waals surface area contributed by atoms with Gasteiger partial charge >= 0.3 is 0 Å². The topological polar surface area (TPSA) is 66.5 Å². The molecule has 1 atom stereocenters. The van der Waals surface area contributed by atoms with E-state index in [0.717, 1.165) is 22.7 Å². The van der Waals surface area contributed by atoms with Gasteiger partial charge < -0.3 is 5.32 Å². The van der Waals surface area contributed by atoms with Gasteiger partial charge in [0.05, 0.1) is 11.9 Å². The summed E-state index contributed by atoms with van der Waals surface area (Å²) in [6, 6.07) is 9.06. The van der Waals surface area contributed by atoms with Crippen molar-refractivity contribution in [1.82, 2.24) is 0 Å². The summed E-state index contributed by atoms with van der Waals surface area (Å²) in [4.78, 5) is 12.8. The van der Waals surface area contributed by atoms with Crippen LogP contribution < -0.4 is 9.62 Å². The molecule has 2 rings (SSSR count). The van der Waals surface area contributed by atoms with Crippen molar-refractivity contribution in [2.24, 2.45) is 0 Å². The van der Waals surface area contributed by atoms with Gasteiger partial charge in [-0.25, -0.2) is 12.8 Å². The van der Waals surface area contributed by atoms with Gasteiger partial charge in [-0.2, -0.15) is 0 Å². The Hall–Kier alpha value is -2.12. The number of amides is 1. The number of nitrogens with one attached hydrogen (secondary N) is 1. The fourth-order valence-electron chi connectivity index (χ4n) is 2.61. The predicted octanol–water partition coefficient (Wildman–Crippen LogP) is 3.97. The lowest BCUT2D eigenvalue weighted by Gasteiger charge is -2.30. The smallest absolute Gasteiger partial charge is 0.248 e. The van der Waals surface area contributed by atoms with E-state index in [9.17, 15) is 17.6 Å². The summed E-state index contributed by atoms with van der Waals surface area (Å²) < 4.78 is 38.9. The first-order valence-corrected chi connectivity index (χ1v) is 10.2. The van der Waals surface area contributed by atoms with E-state index in [1.165, 1.54) is 12.1 Å². The second-order valence-electron chi connectivity index (χ2n) is 5.86. The predicted molar refractivity (Wildman–Crippen MR) is 103 cm³/mol. The molecule has 2 aromatic carbocycles. The van der Waals surface area contributed by atoms with Crippen LogP contribution in [0.5, 0.6) is 0 Å². The van der Waals surface area contributed by atoms with Gasteiger partial charge in [0.2, 0.25) is 15.9 Å². The summed E-state index contributed by atoms with van der Waals surface area (Å²) in [6.45, 7) is 3.46. The zero-order chi connectivity index (χ0) is 19.5. The highest BCUT2D eigenvalue weighted by atomic mass is 35.5. The highest BCUT2D eigenvalue weighted by molar-refractivity contribution is 7.92.